The van der Waals surface area contributed by atoms with Gasteiger partial charge in [0.05, 0.1) is 30.6 Å². The summed E-state index contributed by atoms with van der Waals surface area (Å²) in [4.78, 5) is 2.24. The first-order chi connectivity index (χ1) is 10.7. The Kier molecular flexibility index (Phi) is 4.47. The monoisotopic (exact) mass is 317 g/mol. The Balaban J connectivity index is 1.67. The van der Waals surface area contributed by atoms with Gasteiger partial charge in [0.1, 0.15) is 11.0 Å². The molecule has 1 N–H and O–H groups in total. The highest BCUT2D eigenvalue weighted by atomic mass is 32.1. The first kappa shape index (κ1) is 15.1. The number of fused-ring (bicyclic) bond motifs is 1. The fourth-order valence-electron chi connectivity index (χ4n) is 2.52. The van der Waals surface area contributed by atoms with E-state index in [4.69, 9.17) is 5.11 Å². The zero-order valence-electron chi connectivity index (χ0n) is 12.7. The molecule has 0 radical (unpaired) electrons. The number of aliphatic hydroxyl groups excluding tert-OH is 1. The molecule has 0 saturated heterocycles. The van der Waals surface area contributed by atoms with Crippen LogP contribution in [0.1, 0.15) is 16.8 Å². The van der Waals surface area contributed by atoms with Crippen LogP contribution < -0.4 is 0 Å². The second-order valence-electron chi connectivity index (χ2n) is 5.49. The Morgan fingerprint density at radius 3 is 2.86 bits per heavy atom. The molecule has 2 heterocycles. The van der Waals surface area contributed by atoms with Crippen molar-refractivity contribution < 1.29 is 5.11 Å². The molecule has 7 heteroatoms. The molecule has 0 aliphatic heterocycles. The van der Waals surface area contributed by atoms with Gasteiger partial charge in [0.15, 0.2) is 0 Å². The van der Waals surface area contributed by atoms with Crippen LogP contribution in [0.2, 0.25) is 0 Å². The predicted octanol–water partition coefficient (Wildman–Crippen LogP) is 1.82. The third kappa shape index (κ3) is 3.32. The van der Waals surface area contributed by atoms with E-state index < -0.39 is 0 Å². The van der Waals surface area contributed by atoms with Crippen LogP contribution in [0, 0.1) is 6.92 Å². The average molecular weight is 317 g/mol. The van der Waals surface area contributed by atoms with Gasteiger partial charge < -0.3 is 5.11 Å². The van der Waals surface area contributed by atoms with Crippen LogP contribution in [-0.2, 0) is 19.6 Å². The maximum absolute atomic E-state index is 8.98. The Bertz CT molecular complexity index is 766. The molecule has 1 aromatic carbocycles. The van der Waals surface area contributed by atoms with E-state index in [1.807, 2.05) is 19.2 Å². The molecule has 0 aliphatic rings. The SMILES string of the molecule is Cc1nn(CCO)cc1CN(C)Cc1ccc2nsnc2c1. The Labute approximate surface area is 133 Å². The van der Waals surface area contributed by atoms with Crippen molar-refractivity contribution in [3.63, 3.8) is 0 Å². The minimum atomic E-state index is 0.109. The van der Waals surface area contributed by atoms with Crippen molar-refractivity contribution in [2.24, 2.45) is 0 Å². The first-order valence-corrected chi connectivity index (χ1v) is 7.92. The van der Waals surface area contributed by atoms with E-state index in [2.05, 4.69) is 37.9 Å². The van der Waals surface area contributed by atoms with E-state index in [1.165, 1.54) is 22.9 Å². The number of aliphatic hydroxyl groups is 1. The highest BCUT2D eigenvalue weighted by molar-refractivity contribution is 7.00. The zero-order chi connectivity index (χ0) is 15.5. The van der Waals surface area contributed by atoms with Gasteiger partial charge in [-0.05, 0) is 31.7 Å². The molecule has 116 valence electrons. The van der Waals surface area contributed by atoms with Crippen LogP contribution >= 0.6 is 11.7 Å². The Morgan fingerprint density at radius 1 is 1.23 bits per heavy atom. The van der Waals surface area contributed by atoms with E-state index in [0.717, 1.165) is 29.8 Å². The number of rotatable bonds is 6. The van der Waals surface area contributed by atoms with Gasteiger partial charge >= 0.3 is 0 Å². The lowest BCUT2D eigenvalue weighted by Crippen LogP contribution is -2.17. The van der Waals surface area contributed by atoms with Gasteiger partial charge in [0.25, 0.3) is 0 Å². The van der Waals surface area contributed by atoms with Crippen LogP contribution in [0.3, 0.4) is 0 Å². The number of benzene rings is 1. The summed E-state index contributed by atoms with van der Waals surface area (Å²) >= 11 is 1.25. The topological polar surface area (TPSA) is 67.1 Å². The van der Waals surface area contributed by atoms with Crippen molar-refractivity contribution in [2.75, 3.05) is 13.7 Å². The summed E-state index contributed by atoms with van der Waals surface area (Å²) in [5.74, 6) is 0. The highest BCUT2D eigenvalue weighted by Crippen LogP contribution is 2.16. The number of hydrogen-bond acceptors (Lipinski definition) is 6. The third-order valence-corrected chi connectivity index (χ3v) is 4.14. The van der Waals surface area contributed by atoms with E-state index in [0.29, 0.717) is 6.54 Å². The van der Waals surface area contributed by atoms with Gasteiger partial charge in [-0.3, -0.25) is 9.58 Å². The van der Waals surface area contributed by atoms with Crippen LogP contribution in [0.15, 0.2) is 24.4 Å². The molecule has 0 unspecified atom stereocenters. The second kappa shape index (κ2) is 6.51. The largest absolute Gasteiger partial charge is 0.394 e. The van der Waals surface area contributed by atoms with Gasteiger partial charge in [0.2, 0.25) is 0 Å². The molecule has 0 atom stereocenters. The fraction of sp³-hybridized carbons (Fsp3) is 0.400. The maximum atomic E-state index is 8.98. The second-order valence-corrected chi connectivity index (χ2v) is 6.01. The minimum absolute atomic E-state index is 0.109. The van der Waals surface area contributed by atoms with Crippen LogP contribution in [0.4, 0.5) is 0 Å². The molecule has 0 spiro atoms. The standard InChI is InChI=1S/C15H19N5OS/c1-11-13(10-20(16-11)5-6-21)9-19(2)8-12-3-4-14-15(7-12)18-22-17-14/h3-4,7,10,21H,5-6,8-9H2,1-2H3. The number of hydrogen-bond donors (Lipinski definition) is 1. The molecule has 0 amide bonds. The fourth-order valence-corrected chi connectivity index (χ4v) is 3.03. The van der Waals surface area contributed by atoms with E-state index >= 15 is 0 Å². The molecular formula is C15H19N5OS. The van der Waals surface area contributed by atoms with Crippen LogP contribution in [-0.4, -0.2) is 42.2 Å². The summed E-state index contributed by atoms with van der Waals surface area (Å²) in [7, 11) is 2.09. The molecule has 22 heavy (non-hydrogen) atoms. The molecule has 0 fully saturated rings. The lowest BCUT2D eigenvalue weighted by Gasteiger charge is -2.16. The van der Waals surface area contributed by atoms with Crippen LogP contribution in [0.5, 0.6) is 0 Å². The quantitative estimate of drug-likeness (QED) is 0.751. The van der Waals surface area contributed by atoms with Gasteiger partial charge in [-0.25, -0.2) is 0 Å². The minimum Gasteiger partial charge on any atom is -0.394 e. The summed E-state index contributed by atoms with van der Waals surface area (Å²) in [6.07, 6.45) is 2.01. The Morgan fingerprint density at radius 2 is 2.05 bits per heavy atom. The van der Waals surface area contributed by atoms with Crippen molar-refractivity contribution in [1.29, 1.82) is 0 Å². The molecule has 0 aliphatic carbocycles. The van der Waals surface area contributed by atoms with Crippen LogP contribution in [0.25, 0.3) is 11.0 Å². The van der Waals surface area contributed by atoms with Crippen molar-refractivity contribution in [3.8, 4) is 0 Å². The number of nitrogens with zero attached hydrogens (tertiary/aromatic N) is 5. The summed E-state index contributed by atoms with van der Waals surface area (Å²) < 4.78 is 10.3. The van der Waals surface area contributed by atoms with E-state index in [9.17, 15) is 0 Å². The highest BCUT2D eigenvalue weighted by Gasteiger charge is 2.09. The lowest BCUT2D eigenvalue weighted by molar-refractivity contribution is 0.269. The van der Waals surface area contributed by atoms with E-state index in [1.54, 1.807) is 4.68 Å². The maximum Gasteiger partial charge on any atom is 0.105 e. The molecule has 6 nitrogen and oxygen atoms in total. The lowest BCUT2D eigenvalue weighted by atomic mass is 10.2. The smallest absolute Gasteiger partial charge is 0.105 e. The predicted molar refractivity (Wildman–Crippen MR) is 86.6 cm³/mol. The molecule has 0 saturated carbocycles. The molecule has 3 aromatic rings. The number of aromatic nitrogens is 4. The summed E-state index contributed by atoms with van der Waals surface area (Å²) in [6.45, 7) is 4.32. The van der Waals surface area contributed by atoms with Crippen molar-refractivity contribution in [2.45, 2.75) is 26.6 Å². The van der Waals surface area contributed by atoms with Gasteiger partial charge in [-0.15, -0.1) is 0 Å². The molecule has 2 aromatic heterocycles. The van der Waals surface area contributed by atoms with E-state index in [-0.39, 0.29) is 6.61 Å². The first-order valence-electron chi connectivity index (χ1n) is 7.19. The number of aryl methyl sites for hydroxylation is 1. The average Bonchev–Trinajstić information content (AvgIpc) is 3.06. The summed E-state index contributed by atoms with van der Waals surface area (Å²) in [5.41, 5.74) is 5.34. The zero-order valence-corrected chi connectivity index (χ0v) is 13.5. The van der Waals surface area contributed by atoms with Crippen molar-refractivity contribution in [3.05, 3.63) is 41.2 Å². The van der Waals surface area contributed by atoms with Gasteiger partial charge in [0, 0.05) is 24.8 Å². The Hall–Kier alpha value is -1.83. The summed E-state index contributed by atoms with van der Waals surface area (Å²) in [5, 5.41) is 13.4. The van der Waals surface area contributed by atoms with Gasteiger partial charge in [-0.2, -0.15) is 13.8 Å². The summed E-state index contributed by atoms with van der Waals surface area (Å²) in [6, 6.07) is 6.21. The van der Waals surface area contributed by atoms with Crippen molar-refractivity contribution >= 4 is 22.8 Å². The van der Waals surface area contributed by atoms with Crippen molar-refractivity contribution in [1.82, 2.24) is 23.4 Å². The normalized spacial score (nSPS) is 11.6. The third-order valence-electron chi connectivity index (χ3n) is 3.59. The van der Waals surface area contributed by atoms with Gasteiger partial charge in [-0.1, -0.05) is 6.07 Å². The molecule has 0 bridgehead atoms. The molecule has 3 rings (SSSR count). The molecular weight excluding hydrogens is 298 g/mol.